The molecule has 2 aromatic carbocycles. The van der Waals surface area contributed by atoms with Gasteiger partial charge in [0.2, 0.25) is 5.91 Å². The Morgan fingerprint density at radius 3 is 2.38 bits per heavy atom. The number of carbonyl (C=O) groups is 1. The number of thiocarbonyl (C=S) groups is 1. The van der Waals surface area contributed by atoms with E-state index in [0.717, 1.165) is 16.9 Å². The number of hydrogen-bond donors (Lipinski definition) is 2. The number of benzene rings is 2. The first-order valence-corrected chi connectivity index (χ1v) is 9.56. The molecule has 2 aromatic rings. The minimum absolute atomic E-state index is 0.133. The molecular formula is C22H26N2O4S. The first-order valence-electron chi connectivity index (χ1n) is 9.15. The molecule has 0 heterocycles. The number of hydrogen-bond acceptors (Lipinski definition) is 5. The fourth-order valence-electron chi connectivity index (χ4n) is 2.47. The zero-order chi connectivity index (χ0) is 21.2. The molecule has 0 aromatic heterocycles. The van der Waals surface area contributed by atoms with Gasteiger partial charge in [0, 0.05) is 12.6 Å². The first-order chi connectivity index (χ1) is 13.9. The summed E-state index contributed by atoms with van der Waals surface area (Å²) in [5, 5.41) is 5.89. The molecule has 0 aliphatic rings. The molecule has 0 spiro atoms. The van der Waals surface area contributed by atoms with Crippen LogP contribution in [-0.2, 0) is 11.3 Å². The van der Waals surface area contributed by atoms with E-state index < -0.39 is 0 Å². The Labute approximate surface area is 176 Å². The smallest absolute Gasteiger partial charge is 0.250 e. The van der Waals surface area contributed by atoms with E-state index in [4.69, 9.17) is 26.4 Å². The van der Waals surface area contributed by atoms with Gasteiger partial charge in [-0.2, -0.15) is 0 Å². The van der Waals surface area contributed by atoms with Crippen molar-refractivity contribution in [1.82, 2.24) is 10.6 Å². The molecule has 1 amide bonds. The summed E-state index contributed by atoms with van der Waals surface area (Å²) in [5.41, 5.74) is 1.83. The standard InChI is InChI=1S/C22H26N2O4S/c1-15(2)28-18-9-5-17(6-10-18)14-23-22(29)24-21(25)12-8-16-7-11-19(26-3)20(13-16)27-4/h5-13,15H,14H2,1-4H3,(H2,23,24,25,29)/b12-8+. The summed E-state index contributed by atoms with van der Waals surface area (Å²) in [6.45, 7) is 4.47. The molecule has 0 fully saturated rings. The molecule has 0 aliphatic heterocycles. The van der Waals surface area contributed by atoms with Crippen LogP contribution in [0.5, 0.6) is 17.2 Å². The van der Waals surface area contributed by atoms with Gasteiger partial charge in [0.1, 0.15) is 5.75 Å². The van der Waals surface area contributed by atoms with E-state index in [1.165, 1.54) is 6.08 Å². The van der Waals surface area contributed by atoms with Crippen LogP contribution in [0.4, 0.5) is 0 Å². The fourth-order valence-corrected chi connectivity index (χ4v) is 2.64. The Balaban J connectivity index is 1.83. The van der Waals surface area contributed by atoms with Crippen LogP contribution >= 0.6 is 12.2 Å². The number of methoxy groups -OCH3 is 2. The van der Waals surface area contributed by atoms with Crippen LogP contribution in [0.15, 0.2) is 48.5 Å². The SMILES string of the molecule is COc1ccc(/C=C/C(=O)NC(=S)NCc2ccc(OC(C)C)cc2)cc1OC. The van der Waals surface area contributed by atoms with Gasteiger partial charge in [-0.05, 0) is 67.5 Å². The molecule has 6 nitrogen and oxygen atoms in total. The second-order valence-corrected chi connectivity index (χ2v) is 6.84. The Kier molecular flexibility index (Phi) is 8.48. The number of amides is 1. The predicted octanol–water partition coefficient (Wildman–Crippen LogP) is 3.70. The van der Waals surface area contributed by atoms with Crippen molar-refractivity contribution in [2.75, 3.05) is 14.2 Å². The first kappa shape index (κ1) is 22.2. The normalized spacial score (nSPS) is 10.7. The Hall–Kier alpha value is -3.06. The van der Waals surface area contributed by atoms with E-state index in [1.54, 1.807) is 32.4 Å². The van der Waals surface area contributed by atoms with Crippen molar-refractivity contribution >= 4 is 29.3 Å². The Morgan fingerprint density at radius 1 is 1.07 bits per heavy atom. The van der Waals surface area contributed by atoms with Crippen molar-refractivity contribution in [1.29, 1.82) is 0 Å². The fraction of sp³-hybridized carbons (Fsp3) is 0.273. The number of ether oxygens (including phenoxy) is 3. The van der Waals surface area contributed by atoms with E-state index in [0.29, 0.717) is 18.0 Å². The second-order valence-electron chi connectivity index (χ2n) is 6.43. The van der Waals surface area contributed by atoms with Gasteiger partial charge in [-0.25, -0.2) is 0 Å². The topological polar surface area (TPSA) is 68.8 Å². The lowest BCUT2D eigenvalue weighted by Gasteiger charge is -2.11. The molecule has 0 aliphatic carbocycles. The molecule has 2 rings (SSSR count). The maximum Gasteiger partial charge on any atom is 0.250 e. The van der Waals surface area contributed by atoms with Crippen LogP contribution in [0.2, 0.25) is 0 Å². The lowest BCUT2D eigenvalue weighted by atomic mass is 10.2. The highest BCUT2D eigenvalue weighted by atomic mass is 32.1. The van der Waals surface area contributed by atoms with Gasteiger partial charge in [0.05, 0.1) is 20.3 Å². The molecule has 0 saturated carbocycles. The van der Waals surface area contributed by atoms with Gasteiger partial charge in [-0.1, -0.05) is 18.2 Å². The van der Waals surface area contributed by atoms with Crippen molar-refractivity contribution < 1.29 is 19.0 Å². The zero-order valence-electron chi connectivity index (χ0n) is 17.0. The maximum absolute atomic E-state index is 12.1. The minimum atomic E-state index is -0.321. The molecule has 0 unspecified atom stereocenters. The minimum Gasteiger partial charge on any atom is -0.493 e. The molecule has 154 valence electrons. The van der Waals surface area contributed by atoms with Crippen LogP contribution < -0.4 is 24.8 Å². The van der Waals surface area contributed by atoms with E-state index in [1.807, 2.05) is 44.2 Å². The predicted molar refractivity (Wildman–Crippen MR) is 118 cm³/mol. The van der Waals surface area contributed by atoms with Gasteiger partial charge >= 0.3 is 0 Å². The molecule has 0 radical (unpaired) electrons. The van der Waals surface area contributed by atoms with Crippen molar-refractivity contribution in [2.24, 2.45) is 0 Å². The van der Waals surface area contributed by atoms with E-state index in [-0.39, 0.29) is 17.1 Å². The molecule has 0 saturated heterocycles. The highest BCUT2D eigenvalue weighted by molar-refractivity contribution is 7.80. The summed E-state index contributed by atoms with van der Waals surface area (Å²) < 4.78 is 16.1. The Morgan fingerprint density at radius 2 is 1.76 bits per heavy atom. The average Bonchev–Trinajstić information content (AvgIpc) is 2.71. The summed E-state index contributed by atoms with van der Waals surface area (Å²) in [4.78, 5) is 12.1. The third-order valence-corrected chi connectivity index (χ3v) is 4.07. The van der Waals surface area contributed by atoms with E-state index >= 15 is 0 Å². The van der Waals surface area contributed by atoms with Crippen molar-refractivity contribution in [3.8, 4) is 17.2 Å². The lowest BCUT2D eigenvalue weighted by molar-refractivity contribution is -0.115. The summed E-state index contributed by atoms with van der Waals surface area (Å²) in [6, 6.07) is 13.1. The quantitative estimate of drug-likeness (QED) is 0.507. The summed E-state index contributed by atoms with van der Waals surface area (Å²) in [6.07, 6.45) is 3.22. The molecule has 2 N–H and O–H groups in total. The molecule has 7 heteroatoms. The number of nitrogens with one attached hydrogen (secondary N) is 2. The number of carbonyl (C=O) groups excluding carboxylic acids is 1. The van der Waals surface area contributed by atoms with E-state index in [2.05, 4.69) is 10.6 Å². The second kappa shape index (κ2) is 11.1. The van der Waals surface area contributed by atoms with Gasteiger partial charge in [-0.15, -0.1) is 0 Å². The molecule has 0 bridgehead atoms. The lowest BCUT2D eigenvalue weighted by Crippen LogP contribution is -2.37. The van der Waals surface area contributed by atoms with Crippen LogP contribution in [0.3, 0.4) is 0 Å². The van der Waals surface area contributed by atoms with Gasteiger partial charge in [0.25, 0.3) is 0 Å². The highest BCUT2D eigenvalue weighted by Gasteiger charge is 2.05. The maximum atomic E-state index is 12.1. The van der Waals surface area contributed by atoms with Crippen molar-refractivity contribution in [3.05, 3.63) is 59.7 Å². The summed E-state index contributed by atoms with van der Waals surface area (Å²) in [5.74, 6) is 1.72. The van der Waals surface area contributed by atoms with E-state index in [9.17, 15) is 4.79 Å². The van der Waals surface area contributed by atoms with Crippen LogP contribution in [-0.4, -0.2) is 31.3 Å². The number of rotatable bonds is 8. The molecular weight excluding hydrogens is 388 g/mol. The summed E-state index contributed by atoms with van der Waals surface area (Å²) in [7, 11) is 3.13. The molecule has 0 atom stereocenters. The van der Waals surface area contributed by atoms with Crippen molar-refractivity contribution in [2.45, 2.75) is 26.5 Å². The molecule has 29 heavy (non-hydrogen) atoms. The van der Waals surface area contributed by atoms with Crippen LogP contribution in [0.25, 0.3) is 6.08 Å². The highest BCUT2D eigenvalue weighted by Crippen LogP contribution is 2.27. The summed E-state index contributed by atoms with van der Waals surface area (Å²) >= 11 is 5.18. The third kappa shape index (κ3) is 7.46. The van der Waals surface area contributed by atoms with Gasteiger partial charge in [0.15, 0.2) is 16.6 Å². The average molecular weight is 415 g/mol. The van der Waals surface area contributed by atoms with Crippen LogP contribution in [0, 0.1) is 0 Å². The zero-order valence-corrected chi connectivity index (χ0v) is 17.8. The largest absolute Gasteiger partial charge is 0.493 e. The Bertz CT molecular complexity index is 864. The van der Waals surface area contributed by atoms with Crippen molar-refractivity contribution in [3.63, 3.8) is 0 Å². The van der Waals surface area contributed by atoms with Crippen LogP contribution in [0.1, 0.15) is 25.0 Å². The third-order valence-electron chi connectivity index (χ3n) is 3.82. The van der Waals surface area contributed by atoms with Gasteiger partial charge in [-0.3, -0.25) is 10.1 Å². The monoisotopic (exact) mass is 414 g/mol. The van der Waals surface area contributed by atoms with Gasteiger partial charge < -0.3 is 19.5 Å².